The Labute approximate surface area is 133 Å². The number of amides is 2. The van der Waals surface area contributed by atoms with Crippen LogP contribution in [0.3, 0.4) is 0 Å². The molecule has 0 fully saturated rings. The van der Waals surface area contributed by atoms with Gasteiger partial charge in [-0.15, -0.1) is 0 Å². The maximum absolute atomic E-state index is 12.5. The van der Waals surface area contributed by atoms with Crippen molar-refractivity contribution in [2.45, 2.75) is 26.9 Å². The summed E-state index contributed by atoms with van der Waals surface area (Å²) in [5.41, 5.74) is -0.648. The van der Waals surface area contributed by atoms with Crippen molar-refractivity contribution in [2.24, 2.45) is 5.92 Å². The summed E-state index contributed by atoms with van der Waals surface area (Å²) in [6.07, 6.45) is -4.42. The molecule has 0 heterocycles. The molecule has 0 unspecified atom stereocenters. The van der Waals surface area contributed by atoms with Gasteiger partial charge in [0, 0.05) is 32.1 Å². The second kappa shape index (κ2) is 7.99. The van der Waals surface area contributed by atoms with E-state index in [1.165, 1.54) is 6.92 Å². The minimum atomic E-state index is -4.42. The van der Waals surface area contributed by atoms with E-state index in [0.29, 0.717) is 19.0 Å². The van der Waals surface area contributed by atoms with E-state index in [0.717, 1.165) is 24.3 Å². The van der Waals surface area contributed by atoms with Crippen LogP contribution in [0, 0.1) is 5.92 Å². The van der Waals surface area contributed by atoms with Gasteiger partial charge in [-0.05, 0) is 30.2 Å². The van der Waals surface area contributed by atoms with Crippen molar-refractivity contribution in [3.8, 4) is 0 Å². The largest absolute Gasteiger partial charge is 0.416 e. The SMILES string of the molecule is CC(=O)N(CCNC(=O)c1ccc(C(F)(F)F)cc1)CC(C)C. The van der Waals surface area contributed by atoms with Crippen LogP contribution in [0.2, 0.25) is 0 Å². The first-order valence-corrected chi connectivity index (χ1v) is 7.32. The number of carbonyl (C=O) groups is 2. The van der Waals surface area contributed by atoms with Gasteiger partial charge in [0.25, 0.3) is 5.91 Å². The highest BCUT2D eigenvalue weighted by Crippen LogP contribution is 2.28. The van der Waals surface area contributed by atoms with Gasteiger partial charge in [0.15, 0.2) is 0 Å². The lowest BCUT2D eigenvalue weighted by molar-refractivity contribution is -0.137. The fourth-order valence-corrected chi connectivity index (χ4v) is 2.04. The fourth-order valence-electron chi connectivity index (χ4n) is 2.04. The summed E-state index contributed by atoms with van der Waals surface area (Å²) in [4.78, 5) is 25.0. The molecular weight excluding hydrogens is 309 g/mol. The van der Waals surface area contributed by atoms with Gasteiger partial charge in [-0.25, -0.2) is 0 Å². The van der Waals surface area contributed by atoms with Gasteiger partial charge in [-0.1, -0.05) is 13.8 Å². The molecule has 0 saturated heterocycles. The van der Waals surface area contributed by atoms with Crippen molar-refractivity contribution in [1.29, 1.82) is 0 Å². The van der Waals surface area contributed by atoms with Crippen molar-refractivity contribution < 1.29 is 22.8 Å². The molecule has 4 nitrogen and oxygen atoms in total. The molecule has 0 radical (unpaired) electrons. The standard InChI is InChI=1S/C16H21F3N2O2/c1-11(2)10-21(12(3)22)9-8-20-15(23)13-4-6-14(7-5-13)16(17,18)19/h4-7,11H,8-10H2,1-3H3,(H,20,23). The lowest BCUT2D eigenvalue weighted by atomic mass is 10.1. The van der Waals surface area contributed by atoms with Crippen LogP contribution < -0.4 is 5.32 Å². The fraction of sp³-hybridized carbons (Fsp3) is 0.500. The van der Waals surface area contributed by atoms with Crippen LogP contribution in [0.1, 0.15) is 36.7 Å². The lowest BCUT2D eigenvalue weighted by Gasteiger charge is -2.23. The minimum Gasteiger partial charge on any atom is -0.350 e. The molecule has 128 valence electrons. The molecule has 0 aliphatic rings. The van der Waals surface area contributed by atoms with Gasteiger partial charge in [0.1, 0.15) is 0 Å². The molecule has 2 amide bonds. The Bertz CT molecular complexity index is 539. The quantitative estimate of drug-likeness (QED) is 0.872. The summed E-state index contributed by atoms with van der Waals surface area (Å²) in [6, 6.07) is 4.01. The molecule has 1 N–H and O–H groups in total. The predicted molar refractivity (Wildman–Crippen MR) is 80.9 cm³/mol. The van der Waals surface area contributed by atoms with Crippen molar-refractivity contribution >= 4 is 11.8 Å². The second-order valence-corrected chi connectivity index (χ2v) is 5.69. The number of carbonyl (C=O) groups excluding carboxylic acids is 2. The Kier molecular flexibility index (Phi) is 6.60. The Morgan fingerprint density at radius 2 is 1.74 bits per heavy atom. The number of nitrogens with one attached hydrogen (secondary N) is 1. The first-order chi connectivity index (χ1) is 10.6. The molecule has 0 saturated carbocycles. The zero-order chi connectivity index (χ0) is 17.6. The van der Waals surface area contributed by atoms with Gasteiger partial charge < -0.3 is 10.2 Å². The third-order valence-electron chi connectivity index (χ3n) is 3.17. The Morgan fingerprint density at radius 3 is 2.17 bits per heavy atom. The zero-order valence-corrected chi connectivity index (χ0v) is 13.4. The van der Waals surface area contributed by atoms with Crippen LogP contribution in [0.25, 0.3) is 0 Å². The number of hydrogen-bond donors (Lipinski definition) is 1. The maximum Gasteiger partial charge on any atom is 0.416 e. The molecular formula is C16H21F3N2O2. The van der Waals surface area contributed by atoms with Crippen LogP contribution in [0.15, 0.2) is 24.3 Å². The first kappa shape index (κ1) is 19.0. The number of halogens is 3. The number of alkyl halides is 3. The number of rotatable bonds is 6. The van der Waals surface area contributed by atoms with Crippen LogP contribution in [-0.4, -0.2) is 36.3 Å². The van der Waals surface area contributed by atoms with Gasteiger partial charge >= 0.3 is 6.18 Å². The summed E-state index contributed by atoms with van der Waals surface area (Å²) in [5.74, 6) is -0.237. The Hall–Kier alpha value is -2.05. The van der Waals surface area contributed by atoms with E-state index < -0.39 is 17.6 Å². The van der Waals surface area contributed by atoms with Crippen LogP contribution >= 0.6 is 0 Å². The summed E-state index contributed by atoms with van der Waals surface area (Å²) in [6.45, 7) is 6.62. The predicted octanol–water partition coefficient (Wildman–Crippen LogP) is 2.94. The molecule has 23 heavy (non-hydrogen) atoms. The molecule has 7 heteroatoms. The van der Waals surface area contributed by atoms with Crippen LogP contribution in [0.5, 0.6) is 0 Å². The van der Waals surface area contributed by atoms with E-state index in [1.807, 2.05) is 13.8 Å². The van der Waals surface area contributed by atoms with E-state index in [2.05, 4.69) is 5.32 Å². The van der Waals surface area contributed by atoms with E-state index >= 15 is 0 Å². The smallest absolute Gasteiger partial charge is 0.350 e. The summed E-state index contributed by atoms with van der Waals surface area (Å²) < 4.78 is 37.4. The van der Waals surface area contributed by atoms with Gasteiger partial charge in [-0.2, -0.15) is 13.2 Å². The monoisotopic (exact) mass is 330 g/mol. The Balaban J connectivity index is 2.55. The van der Waals surface area contributed by atoms with E-state index in [1.54, 1.807) is 4.90 Å². The lowest BCUT2D eigenvalue weighted by Crippen LogP contribution is -2.39. The van der Waals surface area contributed by atoms with Crippen LogP contribution in [-0.2, 0) is 11.0 Å². The average molecular weight is 330 g/mol. The molecule has 0 aliphatic heterocycles. The third-order valence-corrected chi connectivity index (χ3v) is 3.17. The van der Waals surface area contributed by atoms with Gasteiger partial charge in [-0.3, -0.25) is 9.59 Å². The van der Waals surface area contributed by atoms with Crippen LogP contribution in [0.4, 0.5) is 13.2 Å². The summed E-state index contributed by atoms with van der Waals surface area (Å²) >= 11 is 0. The topological polar surface area (TPSA) is 49.4 Å². The number of benzene rings is 1. The molecule has 0 aliphatic carbocycles. The Morgan fingerprint density at radius 1 is 1.17 bits per heavy atom. The van der Waals surface area contributed by atoms with Gasteiger partial charge in [0.2, 0.25) is 5.91 Å². The summed E-state index contributed by atoms with van der Waals surface area (Å²) in [7, 11) is 0. The maximum atomic E-state index is 12.5. The number of hydrogen-bond acceptors (Lipinski definition) is 2. The summed E-state index contributed by atoms with van der Waals surface area (Å²) in [5, 5.41) is 2.60. The van der Waals surface area contributed by atoms with Crippen molar-refractivity contribution in [3.05, 3.63) is 35.4 Å². The normalized spacial score (nSPS) is 11.4. The second-order valence-electron chi connectivity index (χ2n) is 5.69. The van der Waals surface area contributed by atoms with Crippen molar-refractivity contribution in [1.82, 2.24) is 10.2 Å². The highest BCUT2D eigenvalue weighted by atomic mass is 19.4. The van der Waals surface area contributed by atoms with E-state index in [4.69, 9.17) is 0 Å². The zero-order valence-electron chi connectivity index (χ0n) is 13.4. The van der Waals surface area contributed by atoms with Crippen molar-refractivity contribution in [3.63, 3.8) is 0 Å². The van der Waals surface area contributed by atoms with E-state index in [9.17, 15) is 22.8 Å². The number of nitrogens with zero attached hydrogens (tertiary/aromatic N) is 1. The average Bonchev–Trinajstić information content (AvgIpc) is 2.44. The molecule has 1 rings (SSSR count). The first-order valence-electron chi connectivity index (χ1n) is 7.32. The molecule has 0 spiro atoms. The minimum absolute atomic E-state index is 0.0810. The molecule has 1 aromatic rings. The molecule has 1 aromatic carbocycles. The van der Waals surface area contributed by atoms with Gasteiger partial charge in [0.05, 0.1) is 5.56 Å². The molecule has 0 atom stereocenters. The molecule has 0 aromatic heterocycles. The van der Waals surface area contributed by atoms with E-state index in [-0.39, 0.29) is 18.0 Å². The molecule has 0 bridgehead atoms. The highest BCUT2D eigenvalue weighted by molar-refractivity contribution is 5.94. The van der Waals surface area contributed by atoms with Crippen molar-refractivity contribution in [2.75, 3.05) is 19.6 Å². The highest BCUT2D eigenvalue weighted by Gasteiger charge is 2.30. The third kappa shape index (κ3) is 6.30.